The van der Waals surface area contributed by atoms with Crippen LogP contribution in [0.2, 0.25) is 0 Å². The van der Waals surface area contributed by atoms with Crippen LogP contribution in [-0.4, -0.2) is 61.4 Å². The molecule has 0 radical (unpaired) electrons. The molecule has 4 fully saturated rings. The van der Waals surface area contributed by atoms with Crippen molar-refractivity contribution in [3.8, 4) is 0 Å². The Morgan fingerprint density at radius 1 is 1.15 bits per heavy atom. The summed E-state index contributed by atoms with van der Waals surface area (Å²) in [6.07, 6.45) is -6.83. The van der Waals surface area contributed by atoms with E-state index in [2.05, 4.69) is 16.4 Å². The molecular formula is C26H43NNa2O9S2. The summed E-state index contributed by atoms with van der Waals surface area (Å²) in [4.78, 5) is 12.3. The molecule has 10 nitrogen and oxygen atoms in total. The van der Waals surface area contributed by atoms with Crippen molar-refractivity contribution in [1.29, 1.82) is 0 Å². The van der Waals surface area contributed by atoms with Gasteiger partial charge in [0.1, 0.15) is 0 Å². The second kappa shape index (κ2) is 14.1. The monoisotopic (exact) mass is 628 g/mol. The molecule has 0 bridgehead atoms. The summed E-state index contributed by atoms with van der Waals surface area (Å²) in [5, 5.41) is 14.2. The second-order valence-electron chi connectivity index (χ2n) is 12.3. The Morgan fingerprint density at radius 3 is 2.45 bits per heavy atom. The minimum atomic E-state index is -5.59. The van der Waals surface area contributed by atoms with E-state index in [0.29, 0.717) is 12.8 Å². The number of fused-ring (bicyclic) bond motifs is 5. The van der Waals surface area contributed by atoms with Crippen LogP contribution in [0.3, 0.4) is 0 Å². The minimum absolute atomic E-state index is 0. The quantitative estimate of drug-likeness (QED) is 0.150. The van der Waals surface area contributed by atoms with Crippen molar-refractivity contribution in [2.45, 2.75) is 97.1 Å². The van der Waals surface area contributed by atoms with Gasteiger partial charge in [-0.15, -0.1) is 0 Å². The zero-order valence-corrected chi connectivity index (χ0v) is 29.8. The summed E-state index contributed by atoms with van der Waals surface area (Å²) >= 11 is 0. The van der Waals surface area contributed by atoms with Gasteiger partial charge in [0.2, 0.25) is 16.3 Å². The van der Waals surface area contributed by atoms with Crippen LogP contribution < -0.4 is 64.4 Å². The molecule has 4 rings (SSSR count). The Morgan fingerprint density at radius 2 is 1.82 bits per heavy atom. The van der Waals surface area contributed by atoms with Crippen LogP contribution in [0.1, 0.15) is 91.7 Å². The molecule has 4 aliphatic rings. The molecular weight excluding hydrogens is 580 g/mol. The van der Waals surface area contributed by atoms with E-state index in [4.69, 9.17) is 6.85 Å². The van der Waals surface area contributed by atoms with Gasteiger partial charge in [-0.1, -0.05) is 20.8 Å². The number of aliphatic hydroxyl groups is 1. The van der Waals surface area contributed by atoms with Gasteiger partial charge in [-0.3, -0.25) is 8.98 Å². The van der Waals surface area contributed by atoms with Crippen LogP contribution in [0.15, 0.2) is 0 Å². The first-order chi connectivity index (χ1) is 19.4. The zero-order chi connectivity index (χ0) is 32.6. The van der Waals surface area contributed by atoms with Gasteiger partial charge in [0, 0.05) is 18.4 Å². The van der Waals surface area contributed by atoms with Gasteiger partial charge in [-0.25, -0.2) is 16.8 Å². The molecule has 0 aromatic rings. The van der Waals surface area contributed by atoms with Crippen molar-refractivity contribution < 1.29 is 106 Å². The first-order valence-electron chi connectivity index (χ1n) is 16.0. The summed E-state index contributed by atoms with van der Waals surface area (Å²) in [5.74, 6) is -2.15. The number of nitrogens with one attached hydrogen (secondary N) is 1. The average Bonchev–Trinajstić information content (AvgIpc) is 3.19. The molecule has 0 saturated heterocycles. The van der Waals surface area contributed by atoms with Crippen molar-refractivity contribution in [2.75, 3.05) is 12.3 Å². The number of rotatable bonds is 9. The van der Waals surface area contributed by atoms with Gasteiger partial charge in [-0.2, -0.15) is 0 Å². The molecule has 4 saturated carbocycles. The molecule has 14 heteroatoms. The molecule has 0 heterocycles. The summed E-state index contributed by atoms with van der Waals surface area (Å²) in [5.41, 5.74) is -1.55. The number of amides is 1. The predicted molar refractivity (Wildman–Crippen MR) is 137 cm³/mol. The fraction of sp³-hybridized carbons (Fsp3) is 0.962. The van der Waals surface area contributed by atoms with Crippen molar-refractivity contribution in [1.82, 2.24) is 5.32 Å². The molecule has 0 aliphatic heterocycles. The van der Waals surface area contributed by atoms with Crippen LogP contribution in [-0.2, 0) is 29.5 Å². The smallest absolute Gasteiger partial charge is 0.748 e. The minimum Gasteiger partial charge on any atom is -0.748 e. The Balaban J connectivity index is 0.00000353. The fourth-order valence-electron chi connectivity index (χ4n) is 8.47. The first kappa shape index (κ1) is 29.9. The average molecular weight is 629 g/mol. The summed E-state index contributed by atoms with van der Waals surface area (Å²) in [6.45, 7) is 5.59. The van der Waals surface area contributed by atoms with Crippen molar-refractivity contribution >= 4 is 26.4 Å². The van der Waals surface area contributed by atoms with Gasteiger partial charge in [-0.05, 0) is 104 Å². The molecule has 0 aromatic heterocycles. The summed E-state index contributed by atoms with van der Waals surface area (Å²) in [6, 6.07) is 0. The number of carbonyl (C=O) groups excluding carboxylic acids is 1. The summed E-state index contributed by atoms with van der Waals surface area (Å²) in [7, 11) is -10.0. The maximum atomic E-state index is 12.3. The molecule has 40 heavy (non-hydrogen) atoms. The van der Waals surface area contributed by atoms with Crippen LogP contribution in [0.5, 0.6) is 0 Å². The van der Waals surface area contributed by atoms with E-state index in [0.717, 1.165) is 12.8 Å². The number of carbonyl (C=O) groups is 1. The number of hydrogen-bond acceptors (Lipinski definition) is 9. The Bertz CT molecular complexity index is 1330. The van der Waals surface area contributed by atoms with Crippen molar-refractivity contribution in [2.24, 2.45) is 46.3 Å². The predicted octanol–water partition coefficient (Wildman–Crippen LogP) is -3.45. The van der Waals surface area contributed by atoms with Crippen molar-refractivity contribution in [3.05, 3.63) is 0 Å². The van der Waals surface area contributed by atoms with E-state index in [1.807, 2.05) is 6.92 Å². The third-order valence-electron chi connectivity index (χ3n) is 10.4. The van der Waals surface area contributed by atoms with E-state index in [9.17, 15) is 35.8 Å². The van der Waals surface area contributed by atoms with Gasteiger partial charge in [0.25, 0.3) is 0 Å². The standard InChI is InChI=1S/C26H45NO9S2.2Na/c1-16(4-9-24(29)27-12-13-37(30,31)32)20-7-8-21-19-6-5-17-14-18(36-38(33,34)35)10-11-25(17,2)22(19)15-23(28)26(20,21)3;;/h16-23,28H,4-15H2,1-3H3,(H,27,29)(H,30,31,32)(H,33,34,35);;/q;2*+1/p-2/t16-,17-,18-,19+,20-,21+,22?,23+,25+,26-;;/m1../s1/i10D2,14D2,18D;;. The van der Waals surface area contributed by atoms with Crippen LogP contribution in [0, 0.1) is 46.3 Å². The molecule has 4 aliphatic carbocycles. The second-order valence-corrected chi connectivity index (χ2v) is 14.8. The van der Waals surface area contributed by atoms with Gasteiger partial charge >= 0.3 is 59.1 Å². The Labute approximate surface area is 291 Å². The van der Waals surface area contributed by atoms with Crippen molar-refractivity contribution in [3.63, 3.8) is 0 Å². The van der Waals surface area contributed by atoms with Crippen LogP contribution in [0.4, 0.5) is 0 Å². The maximum Gasteiger partial charge on any atom is 1.00 e. The number of hydrogen-bond donors (Lipinski definition) is 2. The number of aliphatic hydroxyl groups excluding tert-OH is 1. The normalized spacial score (nSPS) is 46.1. The third-order valence-corrected chi connectivity index (χ3v) is 11.4. The van der Waals surface area contributed by atoms with E-state index < -0.39 is 74.4 Å². The SMILES string of the molecule is [2H]C1([2H])C[C@]2(C)C3C[C@H](O)[C@]4(C)[C@@H]([C@H](C)CCC(=O)NCCS(=O)(=O)[O-])CC[C@H]4[C@@H]3CC[C@@H]2C([2H])([2H])[C@]1([2H])OS(=O)(=O)[O-].[Na+].[Na+]. The molecule has 1 unspecified atom stereocenters. The summed E-state index contributed by atoms with van der Waals surface area (Å²) < 4.78 is 115. The largest absolute Gasteiger partial charge is 1.00 e. The van der Waals surface area contributed by atoms with Crippen LogP contribution >= 0.6 is 0 Å². The molecule has 0 spiro atoms. The molecule has 1 amide bonds. The molecule has 10 atom stereocenters. The van der Waals surface area contributed by atoms with E-state index in [1.54, 1.807) is 6.92 Å². The fourth-order valence-corrected chi connectivity index (χ4v) is 9.13. The van der Waals surface area contributed by atoms with E-state index >= 15 is 0 Å². The Hall–Kier alpha value is 1.21. The van der Waals surface area contributed by atoms with Gasteiger partial charge in [0.15, 0.2) is 0 Å². The van der Waals surface area contributed by atoms with E-state index in [-0.39, 0.29) is 120 Å². The molecule has 220 valence electrons. The van der Waals surface area contributed by atoms with Gasteiger partial charge in [0.05, 0.1) is 29.4 Å². The topological polar surface area (TPSA) is 173 Å². The third kappa shape index (κ3) is 8.07. The first-order valence-corrected chi connectivity index (χ1v) is 16.4. The molecule has 0 aromatic carbocycles. The Kier molecular flexibility index (Phi) is 10.5. The van der Waals surface area contributed by atoms with Crippen LogP contribution in [0.25, 0.3) is 0 Å². The van der Waals surface area contributed by atoms with Gasteiger partial charge < -0.3 is 19.5 Å². The van der Waals surface area contributed by atoms with E-state index in [1.165, 1.54) is 0 Å². The maximum absolute atomic E-state index is 12.3. The molecule has 2 N–H and O–H groups in total. The zero-order valence-electron chi connectivity index (χ0n) is 29.1.